The van der Waals surface area contributed by atoms with Crippen molar-refractivity contribution in [3.8, 4) is 11.3 Å². The molecule has 0 aliphatic carbocycles. The summed E-state index contributed by atoms with van der Waals surface area (Å²) in [5.41, 5.74) is 0.771. The molecule has 2 aromatic heterocycles. The summed E-state index contributed by atoms with van der Waals surface area (Å²) in [7, 11) is 0. The number of thiophene rings is 1. The molecule has 1 unspecified atom stereocenters. The van der Waals surface area contributed by atoms with Gasteiger partial charge in [-0.3, -0.25) is 4.79 Å². The van der Waals surface area contributed by atoms with E-state index in [0.29, 0.717) is 11.3 Å². The van der Waals surface area contributed by atoms with Crippen molar-refractivity contribution < 1.29 is 14.4 Å². The summed E-state index contributed by atoms with van der Waals surface area (Å²) in [5, 5.41) is 20.7. The Morgan fingerprint density at radius 1 is 1.35 bits per heavy atom. The minimum Gasteiger partial charge on any atom is -0.384 e. The van der Waals surface area contributed by atoms with Crippen LogP contribution in [0.3, 0.4) is 0 Å². The number of nitrogens with one attached hydrogen (secondary N) is 1. The molecule has 6 heteroatoms. The number of nitrogens with zero attached hydrogens (tertiary/aromatic N) is 1. The zero-order valence-electron chi connectivity index (χ0n) is 12.5. The lowest BCUT2D eigenvalue weighted by Gasteiger charge is -2.22. The van der Waals surface area contributed by atoms with Gasteiger partial charge >= 0.3 is 0 Å². The van der Waals surface area contributed by atoms with Crippen molar-refractivity contribution >= 4 is 17.2 Å². The van der Waals surface area contributed by atoms with Gasteiger partial charge in [-0.15, -0.1) is 0 Å². The van der Waals surface area contributed by atoms with Crippen LogP contribution < -0.4 is 5.32 Å². The Hall–Kier alpha value is -2.44. The third kappa shape index (κ3) is 3.33. The fraction of sp³-hybridized carbons (Fsp3) is 0.176. The molecule has 0 bridgehead atoms. The van der Waals surface area contributed by atoms with Crippen LogP contribution in [0.4, 0.5) is 0 Å². The molecule has 0 saturated heterocycles. The lowest BCUT2D eigenvalue weighted by atomic mass is 9.99. The largest absolute Gasteiger partial charge is 0.384 e. The van der Waals surface area contributed by atoms with Gasteiger partial charge in [-0.1, -0.05) is 35.5 Å². The zero-order valence-corrected chi connectivity index (χ0v) is 13.3. The maximum Gasteiger partial charge on any atom is 0.257 e. The summed E-state index contributed by atoms with van der Waals surface area (Å²) in [5.74, 6) is 0.0823. The van der Waals surface area contributed by atoms with Crippen LogP contribution in [0.15, 0.2) is 57.9 Å². The van der Waals surface area contributed by atoms with Gasteiger partial charge in [-0.05, 0) is 29.3 Å². The molecule has 0 radical (unpaired) electrons. The van der Waals surface area contributed by atoms with Crippen molar-refractivity contribution in [3.63, 3.8) is 0 Å². The molecule has 1 amide bonds. The van der Waals surface area contributed by atoms with E-state index in [-0.39, 0.29) is 12.5 Å². The molecule has 3 rings (SSSR count). The number of amides is 1. The van der Waals surface area contributed by atoms with Crippen molar-refractivity contribution in [2.24, 2.45) is 0 Å². The highest BCUT2D eigenvalue weighted by molar-refractivity contribution is 7.08. The summed E-state index contributed by atoms with van der Waals surface area (Å²) < 4.78 is 5.20. The first-order valence-electron chi connectivity index (χ1n) is 7.11. The zero-order chi connectivity index (χ0) is 16.3. The normalized spacial score (nSPS) is 13.5. The second kappa shape index (κ2) is 6.36. The van der Waals surface area contributed by atoms with Gasteiger partial charge in [0, 0.05) is 5.56 Å². The quantitative estimate of drug-likeness (QED) is 0.755. The van der Waals surface area contributed by atoms with Crippen LogP contribution in [0.2, 0.25) is 0 Å². The molecule has 1 aromatic carbocycles. The van der Waals surface area contributed by atoms with Crippen LogP contribution in [-0.2, 0) is 5.60 Å². The van der Waals surface area contributed by atoms with E-state index in [2.05, 4.69) is 10.5 Å². The number of aromatic nitrogens is 1. The Bertz CT molecular complexity index is 779. The van der Waals surface area contributed by atoms with Crippen LogP contribution in [0.1, 0.15) is 22.8 Å². The molecular formula is C17H16N2O3S. The third-order valence-electron chi connectivity index (χ3n) is 3.59. The lowest BCUT2D eigenvalue weighted by Crippen LogP contribution is -2.38. The highest BCUT2D eigenvalue weighted by Gasteiger charge is 2.26. The molecule has 23 heavy (non-hydrogen) atoms. The van der Waals surface area contributed by atoms with E-state index in [9.17, 15) is 9.90 Å². The van der Waals surface area contributed by atoms with E-state index in [1.165, 1.54) is 17.5 Å². The Morgan fingerprint density at radius 3 is 2.83 bits per heavy atom. The molecule has 118 valence electrons. The SMILES string of the molecule is CC(O)(CNC(=O)c1cnoc1-c1ccccc1)c1ccsc1. The van der Waals surface area contributed by atoms with Crippen molar-refractivity contribution in [2.45, 2.75) is 12.5 Å². The van der Waals surface area contributed by atoms with Crippen LogP contribution in [-0.4, -0.2) is 22.7 Å². The number of carbonyl (C=O) groups excluding carboxylic acids is 1. The molecule has 3 aromatic rings. The molecule has 0 spiro atoms. The van der Waals surface area contributed by atoms with Gasteiger partial charge < -0.3 is 14.9 Å². The van der Waals surface area contributed by atoms with Crippen molar-refractivity contribution in [1.29, 1.82) is 0 Å². The molecule has 0 aliphatic rings. The third-order valence-corrected chi connectivity index (χ3v) is 4.27. The second-order valence-electron chi connectivity index (χ2n) is 5.40. The smallest absolute Gasteiger partial charge is 0.257 e. The number of hydrogen-bond donors (Lipinski definition) is 2. The monoisotopic (exact) mass is 328 g/mol. The van der Waals surface area contributed by atoms with Crippen LogP contribution in [0.5, 0.6) is 0 Å². The Labute approximate surface area is 137 Å². The van der Waals surface area contributed by atoms with Crippen molar-refractivity contribution in [1.82, 2.24) is 10.5 Å². The van der Waals surface area contributed by atoms with Crippen molar-refractivity contribution in [2.75, 3.05) is 6.54 Å². The minimum atomic E-state index is -1.13. The summed E-state index contributed by atoms with van der Waals surface area (Å²) in [6, 6.07) is 11.1. The highest BCUT2D eigenvalue weighted by Crippen LogP contribution is 2.24. The average Bonchev–Trinajstić information content (AvgIpc) is 3.25. The number of aliphatic hydroxyl groups is 1. The topological polar surface area (TPSA) is 75.4 Å². The fourth-order valence-corrected chi connectivity index (χ4v) is 3.00. The minimum absolute atomic E-state index is 0.0992. The molecule has 1 atom stereocenters. The average molecular weight is 328 g/mol. The summed E-state index contributed by atoms with van der Waals surface area (Å²) in [6.07, 6.45) is 1.39. The number of hydrogen-bond acceptors (Lipinski definition) is 5. The number of carbonyl (C=O) groups is 1. The Morgan fingerprint density at radius 2 is 2.13 bits per heavy atom. The predicted molar refractivity (Wildman–Crippen MR) is 88.2 cm³/mol. The van der Waals surface area contributed by atoms with E-state index >= 15 is 0 Å². The van der Waals surface area contributed by atoms with Crippen LogP contribution >= 0.6 is 11.3 Å². The number of benzene rings is 1. The lowest BCUT2D eigenvalue weighted by molar-refractivity contribution is 0.0530. The maximum absolute atomic E-state index is 12.4. The second-order valence-corrected chi connectivity index (χ2v) is 6.18. The van der Waals surface area contributed by atoms with Crippen LogP contribution in [0, 0.1) is 0 Å². The van der Waals surface area contributed by atoms with Gasteiger partial charge in [0.1, 0.15) is 11.2 Å². The molecule has 0 aliphatic heterocycles. The number of rotatable bonds is 5. The molecule has 2 heterocycles. The maximum atomic E-state index is 12.4. The summed E-state index contributed by atoms with van der Waals surface area (Å²) in [6.45, 7) is 1.77. The van der Waals surface area contributed by atoms with E-state index in [1.54, 1.807) is 6.92 Å². The first kappa shape index (κ1) is 15.5. The van der Waals surface area contributed by atoms with Gasteiger partial charge in [-0.25, -0.2) is 0 Å². The Balaban J connectivity index is 1.74. The molecule has 5 nitrogen and oxygen atoms in total. The molecular weight excluding hydrogens is 312 g/mol. The van der Waals surface area contributed by atoms with Gasteiger partial charge in [0.05, 0.1) is 12.7 Å². The Kier molecular flexibility index (Phi) is 4.27. The van der Waals surface area contributed by atoms with Gasteiger partial charge in [0.25, 0.3) is 5.91 Å². The molecule has 0 fully saturated rings. The molecule has 2 N–H and O–H groups in total. The predicted octanol–water partition coefficient (Wildman–Crippen LogP) is 3.04. The first-order chi connectivity index (χ1) is 11.1. The first-order valence-corrected chi connectivity index (χ1v) is 8.05. The van der Waals surface area contributed by atoms with E-state index in [4.69, 9.17) is 4.52 Å². The van der Waals surface area contributed by atoms with Gasteiger partial charge in [-0.2, -0.15) is 11.3 Å². The summed E-state index contributed by atoms with van der Waals surface area (Å²) >= 11 is 1.50. The van der Waals surface area contributed by atoms with Gasteiger partial charge in [0.15, 0.2) is 5.76 Å². The van der Waals surface area contributed by atoms with Gasteiger partial charge in [0.2, 0.25) is 0 Å². The van der Waals surface area contributed by atoms with E-state index in [0.717, 1.165) is 11.1 Å². The fourth-order valence-electron chi connectivity index (χ4n) is 2.22. The van der Waals surface area contributed by atoms with E-state index < -0.39 is 5.60 Å². The van der Waals surface area contributed by atoms with E-state index in [1.807, 2.05) is 47.2 Å². The summed E-state index contributed by atoms with van der Waals surface area (Å²) in [4.78, 5) is 12.4. The highest BCUT2D eigenvalue weighted by atomic mass is 32.1. The van der Waals surface area contributed by atoms with Crippen molar-refractivity contribution in [3.05, 3.63) is 64.5 Å². The van der Waals surface area contributed by atoms with Crippen LogP contribution in [0.25, 0.3) is 11.3 Å². The molecule has 0 saturated carbocycles. The standard InChI is InChI=1S/C17H16N2O3S/c1-17(21,13-7-8-23-10-13)11-18-16(20)14-9-19-22-15(14)12-5-3-2-4-6-12/h2-10,21H,11H2,1H3,(H,18,20).